The van der Waals surface area contributed by atoms with E-state index in [9.17, 15) is 0 Å². The molecule has 0 aromatic heterocycles. The number of hydrogen-bond acceptors (Lipinski definition) is 2. The minimum absolute atomic E-state index is 0.351. The summed E-state index contributed by atoms with van der Waals surface area (Å²) in [6.45, 7) is 7.68. The number of nitrogens with zero attached hydrogens (tertiary/aromatic N) is 1. The maximum absolute atomic E-state index is 5.68. The minimum Gasteiger partial charge on any atom is -0.330 e. The second-order valence-electron chi connectivity index (χ2n) is 4.36. The van der Waals surface area contributed by atoms with Crippen molar-refractivity contribution in [3.05, 3.63) is 0 Å². The summed E-state index contributed by atoms with van der Waals surface area (Å²) in [5, 5.41) is 0. The molecule has 2 unspecified atom stereocenters. The normalized spacial score (nSPS) is 37.9. The van der Waals surface area contributed by atoms with Crippen LogP contribution >= 0.6 is 0 Å². The van der Waals surface area contributed by atoms with Gasteiger partial charge >= 0.3 is 0 Å². The molecule has 11 heavy (non-hydrogen) atoms. The maximum atomic E-state index is 5.68. The van der Waals surface area contributed by atoms with Gasteiger partial charge in [-0.05, 0) is 46.7 Å². The summed E-state index contributed by atoms with van der Waals surface area (Å²) in [5.74, 6) is 0.690. The monoisotopic (exact) mass is 156 g/mol. The van der Waals surface area contributed by atoms with E-state index in [0.717, 1.165) is 6.54 Å². The summed E-state index contributed by atoms with van der Waals surface area (Å²) in [7, 11) is 2.19. The van der Waals surface area contributed by atoms with E-state index in [0.29, 0.717) is 17.5 Å². The van der Waals surface area contributed by atoms with E-state index in [1.165, 1.54) is 6.42 Å². The van der Waals surface area contributed by atoms with Crippen LogP contribution in [0.2, 0.25) is 0 Å². The second kappa shape index (κ2) is 2.76. The number of rotatable bonds is 1. The first-order chi connectivity index (χ1) is 4.99. The van der Waals surface area contributed by atoms with E-state index < -0.39 is 0 Å². The van der Waals surface area contributed by atoms with Gasteiger partial charge in [0.05, 0.1) is 0 Å². The van der Waals surface area contributed by atoms with Crippen molar-refractivity contribution in [2.45, 2.75) is 38.8 Å². The minimum atomic E-state index is 0.351. The Kier molecular flexibility index (Phi) is 2.26. The van der Waals surface area contributed by atoms with Gasteiger partial charge in [0.1, 0.15) is 0 Å². The molecule has 2 atom stereocenters. The molecule has 2 N–H and O–H groups in total. The van der Waals surface area contributed by atoms with Crippen LogP contribution in [0.3, 0.4) is 0 Å². The average Bonchev–Trinajstić information content (AvgIpc) is 2.13. The summed E-state index contributed by atoms with van der Waals surface area (Å²) in [5.41, 5.74) is 6.03. The zero-order valence-electron chi connectivity index (χ0n) is 8.09. The predicted octanol–water partition coefficient (Wildman–Crippen LogP) is 1.06. The molecule has 66 valence electrons. The molecule has 1 aliphatic rings. The fourth-order valence-electron chi connectivity index (χ4n) is 2.10. The van der Waals surface area contributed by atoms with Crippen molar-refractivity contribution in [2.75, 3.05) is 13.6 Å². The molecule has 0 amide bonds. The van der Waals surface area contributed by atoms with E-state index in [-0.39, 0.29) is 0 Å². The lowest BCUT2D eigenvalue weighted by atomic mass is 9.95. The van der Waals surface area contributed by atoms with Crippen molar-refractivity contribution in [1.29, 1.82) is 0 Å². The molecular formula is C9H20N2. The molecule has 1 rings (SSSR count). The Hall–Kier alpha value is -0.0800. The lowest BCUT2D eigenvalue weighted by molar-refractivity contribution is 0.173. The third kappa shape index (κ3) is 1.42. The first kappa shape index (κ1) is 9.01. The van der Waals surface area contributed by atoms with Gasteiger partial charge in [-0.1, -0.05) is 0 Å². The van der Waals surface area contributed by atoms with Crippen LogP contribution in [0, 0.1) is 5.92 Å². The fourth-order valence-corrected chi connectivity index (χ4v) is 2.10. The number of hydrogen-bond donors (Lipinski definition) is 1. The van der Waals surface area contributed by atoms with Gasteiger partial charge in [0.15, 0.2) is 0 Å². The highest BCUT2D eigenvalue weighted by molar-refractivity contribution is 4.96. The topological polar surface area (TPSA) is 29.3 Å². The van der Waals surface area contributed by atoms with Crippen molar-refractivity contribution >= 4 is 0 Å². The molecule has 2 heteroatoms. The van der Waals surface area contributed by atoms with Gasteiger partial charge in [-0.25, -0.2) is 0 Å². The van der Waals surface area contributed by atoms with Crippen LogP contribution in [0.15, 0.2) is 0 Å². The largest absolute Gasteiger partial charge is 0.330 e. The van der Waals surface area contributed by atoms with Crippen LogP contribution in [0.4, 0.5) is 0 Å². The molecule has 0 radical (unpaired) electrons. The van der Waals surface area contributed by atoms with Gasteiger partial charge in [-0.15, -0.1) is 0 Å². The molecule has 0 spiro atoms. The highest BCUT2D eigenvalue weighted by Crippen LogP contribution is 2.35. The quantitative estimate of drug-likeness (QED) is 0.615. The number of nitrogens with two attached hydrogens (primary N) is 1. The zero-order valence-corrected chi connectivity index (χ0v) is 8.09. The molecule has 0 aromatic carbocycles. The summed E-state index contributed by atoms with van der Waals surface area (Å²) in [6, 6.07) is 0.648. The van der Waals surface area contributed by atoms with E-state index in [2.05, 4.69) is 32.7 Å². The molecule has 0 aromatic rings. The smallest absolute Gasteiger partial charge is 0.0156 e. The van der Waals surface area contributed by atoms with Crippen LogP contribution in [-0.4, -0.2) is 30.1 Å². The molecule has 1 aliphatic heterocycles. The van der Waals surface area contributed by atoms with Crippen molar-refractivity contribution < 1.29 is 0 Å². The molecule has 0 bridgehead atoms. The summed E-state index contributed by atoms with van der Waals surface area (Å²) in [6.07, 6.45) is 1.24. The first-order valence-electron chi connectivity index (χ1n) is 4.42. The van der Waals surface area contributed by atoms with Gasteiger partial charge in [-0.3, -0.25) is 4.90 Å². The summed E-state index contributed by atoms with van der Waals surface area (Å²) >= 11 is 0. The van der Waals surface area contributed by atoms with Crippen molar-refractivity contribution in [3.8, 4) is 0 Å². The van der Waals surface area contributed by atoms with Gasteiger partial charge in [0.25, 0.3) is 0 Å². The van der Waals surface area contributed by atoms with Crippen LogP contribution in [0.25, 0.3) is 0 Å². The summed E-state index contributed by atoms with van der Waals surface area (Å²) in [4.78, 5) is 2.44. The Labute approximate surface area is 69.8 Å². The molecular weight excluding hydrogens is 136 g/mol. The highest BCUT2D eigenvalue weighted by Gasteiger charge is 2.40. The molecule has 0 aliphatic carbocycles. The van der Waals surface area contributed by atoms with Gasteiger partial charge < -0.3 is 5.73 Å². The van der Waals surface area contributed by atoms with Crippen LogP contribution in [0.5, 0.6) is 0 Å². The van der Waals surface area contributed by atoms with Crippen LogP contribution in [0.1, 0.15) is 27.2 Å². The predicted molar refractivity (Wildman–Crippen MR) is 48.5 cm³/mol. The lowest BCUT2D eigenvalue weighted by Gasteiger charge is -2.30. The van der Waals surface area contributed by atoms with Gasteiger partial charge in [0.2, 0.25) is 0 Å². The molecule has 1 saturated heterocycles. The maximum Gasteiger partial charge on any atom is 0.0156 e. The molecule has 1 heterocycles. The Morgan fingerprint density at radius 2 is 2.09 bits per heavy atom. The standard InChI is InChI=1S/C9H20N2/c1-7-8(6-10)5-9(2,3)11(7)4/h7-8H,5-6,10H2,1-4H3. The lowest BCUT2D eigenvalue weighted by Crippen LogP contribution is -2.39. The van der Waals surface area contributed by atoms with Crippen molar-refractivity contribution in [3.63, 3.8) is 0 Å². The van der Waals surface area contributed by atoms with Crippen molar-refractivity contribution in [1.82, 2.24) is 4.90 Å². The number of likely N-dealkylation sites (tertiary alicyclic amines) is 1. The molecule has 1 fully saturated rings. The molecule has 2 nitrogen and oxygen atoms in total. The first-order valence-corrected chi connectivity index (χ1v) is 4.42. The highest BCUT2D eigenvalue weighted by atomic mass is 15.2. The Morgan fingerprint density at radius 3 is 2.27 bits per heavy atom. The Bertz CT molecular complexity index is 142. The fraction of sp³-hybridized carbons (Fsp3) is 1.00. The third-order valence-electron chi connectivity index (χ3n) is 3.31. The Balaban J connectivity index is 2.69. The SMILES string of the molecule is CC1C(CN)CC(C)(C)N1C. The third-order valence-corrected chi connectivity index (χ3v) is 3.31. The molecule has 0 saturated carbocycles. The average molecular weight is 156 g/mol. The van der Waals surface area contributed by atoms with E-state index >= 15 is 0 Å². The zero-order chi connectivity index (χ0) is 8.65. The second-order valence-corrected chi connectivity index (χ2v) is 4.36. The van der Waals surface area contributed by atoms with Crippen LogP contribution in [-0.2, 0) is 0 Å². The van der Waals surface area contributed by atoms with Gasteiger partial charge in [-0.2, -0.15) is 0 Å². The Morgan fingerprint density at radius 1 is 1.55 bits per heavy atom. The van der Waals surface area contributed by atoms with E-state index in [1.54, 1.807) is 0 Å². The van der Waals surface area contributed by atoms with E-state index in [4.69, 9.17) is 5.73 Å². The van der Waals surface area contributed by atoms with Crippen LogP contribution < -0.4 is 5.73 Å². The summed E-state index contributed by atoms with van der Waals surface area (Å²) < 4.78 is 0. The van der Waals surface area contributed by atoms with E-state index in [1.807, 2.05) is 0 Å². The van der Waals surface area contributed by atoms with Gasteiger partial charge in [0, 0.05) is 11.6 Å². The van der Waals surface area contributed by atoms with Crippen molar-refractivity contribution in [2.24, 2.45) is 11.7 Å².